The minimum absolute atomic E-state index is 0.0606. The summed E-state index contributed by atoms with van der Waals surface area (Å²) in [7, 11) is 0. The number of hydrogen-bond acceptors (Lipinski definition) is 3. The normalized spacial score (nSPS) is 9.62. The van der Waals surface area contributed by atoms with E-state index in [4.69, 9.17) is 22.1 Å². The van der Waals surface area contributed by atoms with Gasteiger partial charge in [0.15, 0.2) is 5.11 Å². The van der Waals surface area contributed by atoms with Crippen LogP contribution in [0.1, 0.15) is 6.92 Å². The highest BCUT2D eigenvalue weighted by Crippen LogP contribution is 2.15. The van der Waals surface area contributed by atoms with Crippen LogP contribution in [0, 0.1) is 0 Å². The molecule has 0 aliphatic rings. The number of hydrogen-bond donors (Lipinski definition) is 3. The van der Waals surface area contributed by atoms with Crippen molar-refractivity contribution >= 4 is 23.0 Å². The standard InChI is InChI=1S/C11H16N2O2S/c1-2-15-10-5-3-9(4-6-10)13-11(16)12-7-8-14/h3-6,14H,2,7-8H2,1H3,(H2,12,13,16). The lowest BCUT2D eigenvalue weighted by Crippen LogP contribution is -2.30. The van der Waals surface area contributed by atoms with Gasteiger partial charge in [-0.3, -0.25) is 0 Å². The van der Waals surface area contributed by atoms with Gasteiger partial charge in [0.2, 0.25) is 0 Å². The molecule has 0 heterocycles. The van der Waals surface area contributed by atoms with E-state index in [0.29, 0.717) is 18.3 Å². The number of ether oxygens (including phenoxy) is 1. The fourth-order valence-corrected chi connectivity index (χ4v) is 1.37. The molecule has 0 radical (unpaired) electrons. The predicted octanol–water partition coefficient (Wildman–Crippen LogP) is 1.36. The molecule has 0 aromatic heterocycles. The first-order valence-electron chi connectivity index (χ1n) is 5.15. The molecule has 0 aliphatic heterocycles. The fraction of sp³-hybridized carbons (Fsp3) is 0.364. The minimum atomic E-state index is 0.0606. The molecule has 0 atom stereocenters. The Balaban J connectivity index is 2.45. The van der Waals surface area contributed by atoms with Crippen LogP contribution in [0.4, 0.5) is 5.69 Å². The molecule has 5 heteroatoms. The van der Waals surface area contributed by atoms with Crippen LogP contribution in [0.2, 0.25) is 0 Å². The molecule has 0 saturated heterocycles. The molecule has 88 valence electrons. The molecule has 16 heavy (non-hydrogen) atoms. The molecule has 3 N–H and O–H groups in total. The lowest BCUT2D eigenvalue weighted by atomic mass is 10.3. The number of aliphatic hydroxyl groups is 1. The van der Waals surface area contributed by atoms with E-state index in [1.54, 1.807) is 0 Å². The van der Waals surface area contributed by atoms with Crippen LogP contribution in [-0.2, 0) is 0 Å². The lowest BCUT2D eigenvalue weighted by Gasteiger charge is -2.10. The highest BCUT2D eigenvalue weighted by molar-refractivity contribution is 7.80. The smallest absolute Gasteiger partial charge is 0.170 e. The zero-order chi connectivity index (χ0) is 11.8. The topological polar surface area (TPSA) is 53.5 Å². The Labute approximate surface area is 101 Å². The van der Waals surface area contributed by atoms with Crippen LogP contribution in [0.5, 0.6) is 5.75 Å². The fourth-order valence-electron chi connectivity index (χ4n) is 1.15. The van der Waals surface area contributed by atoms with Crippen molar-refractivity contribution in [3.8, 4) is 5.75 Å². The summed E-state index contributed by atoms with van der Waals surface area (Å²) in [6, 6.07) is 7.52. The van der Waals surface area contributed by atoms with Crippen molar-refractivity contribution in [2.45, 2.75) is 6.92 Å². The Morgan fingerprint density at radius 2 is 2.06 bits per heavy atom. The summed E-state index contributed by atoms with van der Waals surface area (Å²) < 4.78 is 5.32. The minimum Gasteiger partial charge on any atom is -0.494 e. The monoisotopic (exact) mass is 240 g/mol. The van der Waals surface area contributed by atoms with E-state index in [-0.39, 0.29) is 6.61 Å². The SMILES string of the molecule is CCOc1ccc(NC(=S)NCCO)cc1. The van der Waals surface area contributed by atoms with E-state index < -0.39 is 0 Å². The molecule has 1 aromatic carbocycles. The van der Waals surface area contributed by atoms with Gasteiger partial charge in [-0.25, -0.2) is 0 Å². The molecule has 0 amide bonds. The van der Waals surface area contributed by atoms with Crippen LogP contribution in [0.15, 0.2) is 24.3 Å². The maximum absolute atomic E-state index is 8.61. The highest BCUT2D eigenvalue weighted by atomic mass is 32.1. The number of rotatable bonds is 5. The predicted molar refractivity (Wildman–Crippen MR) is 68.9 cm³/mol. The molecule has 0 unspecified atom stereocenters. The van der Waals surface area contributed by atoms with Crippen molar-refractivity contribution in [1.29, 1.82) is 0 Å². The Bertz CT molecular complexity index is 327. The first kappa shape index (κ1) is 12.7. The summed E-state index contributed by atoms with van der Waals surface area (Å²) >= 11 is 5.02. The van der Waals surface area contributed by atoms with Gasteiger partial charge in [0.25, 0.3) is 0 Å². The van der Waals surface area contributed by atoms with Gasteiger partial charge in [-0.1, -0.05) is 0 Å². The Morgan fingerprint density at radius 3 is 2.62 bits per heavy atom. The average Bonchev–Trinajstić information content (AvgIpc) is 2.29. The molecule has 0 spiro atoms. The van der Waals surface area contributed by atoms with E-state index in [1.165, 1.54) is 0 Å². The first-order valence-corrected chi connectivity index (χ1v) is 5.55. The second-order valence-electron chi connectivity index (χ2n) is 3.06. The summed E-state index contributed by atoms with van der Waals surface area (Å²) in [5.41, 5.74) is 0.888. The highest BCUT2D eigenvalue weighted by Gasteiger charge is 1.97. The van der Waals surface area contributed by atoms with Crippen LogP contribution < -0.4 is 15.4 Å². The summed E-state index contributed by atoms with van der Waals surface area (Å²) in [4.78, 5) is 0. The van der Waals surface area contributed by atoms with Crippen molar-refractivity contribution in [3.63, 3.8) is 0 Å². The second-order valence-corrected chi connectivity index (χ2v) is 3.47. The molecular formula is C11H16N2O2S. The van der Waals surface area contributed by atoms with Gasteiger partial charge in [0.1, 0.15) is 5.75 Å². The van der Waals surface area contributed by atoms with Gasteiger partial charge in [-0.15, -0.1) is 0 Å². The first-order chi connectivity index (χ1) is 7.76. The van der Waals surface area contributed by atoms with E-state index in [9.17, 15) is 0 Å². The van der Waals surface area contributed by atoms with Crippen LogP contribution >= 0.6 is 12.2 Å². The Kier molecular flexibility index (Phi) is 5.60. The zero-order valence-corrected chi connectivity index (χ0v) is 10.0. The quantitative estimate of drug-likeness (QED) is 0.679. The number of anilines is 1. The molecule has 1 rings (SSSR count). The van der Waals surface area contributed by atoms with Gasteiger partial charge in [0, 0.05) is 12.2 Å². The van der Waals surface area contributed by atoms with E-state index in [0.717, 1.165) is 11.4 Å². The van der Waals surface area contributed by atoms with Crippen molar-refractivity contribution < 1.29 is 9.84 Å². The summed E-state index contributed by atoms with van der Waals surface area (Å²) in [6.07, 6.45) is 0. The van der Waals surface area contributed by atoms with Crippen molar-refractivity contribution in [1.82, 2.24) is 5.32 Å². The molecule has 0 bridgehead atoms. The summed E-state index contributed by atoms with van der Waals surface area (Å²) in [5.74, 6) is 0.835. The van der Waals surface area contributed by atoms with Gasteiger partial charge in [-0.2, -0.15) is 0 Å². The van der Waals surface area contributed by atoms with E-state index >= 15 is 0 Å². The van der Waals surface area contributed by atoms with Crippen molar-refractivity contribution in [2.75, 3.05) is 25.1 Å². The lowest BCUT2D eigenvalue weighted by molar-refractivity contribution is 0.301. The molecule has 0 saturated carbocycles. The Morgan fingerprint density at radius 1 is 1.38 bits per heavy atom. The van der Waals surface area contributed by atoms with Gasteiger partial charge in [0.05, 0.1) is 13.2 Å². The number of aliphatic hydroxyl groups excluding tert-OH is 1. The van der Waals surface area contributed by atoms with Crippen LogP contribution in [-0.4, -0.2) is 30.0 Å². The third kappa shape index (κ3) is 4.46. The molecule has 1 aromatic rings. The largest absolute Gasteiger partial charge is 0.494 e. The van der Waals surface area contributed by atoms with E-state index in [2.05, 4.69) is 10.6 Å². The van der Waals surface area contributed by atoms with E-state index in [1.807, 2.05) is 31.2 Å². The second kappa shape index (κ2) is 7.03. The Hall–Kier alpha value is -1.33. The van der Waals surface area contributed by atoms with Gasteiger partial charge in [-0.05, 0) is 43.4 Å². The van der Waals surface area contributed by atoms with Crippen LogP contribution in [0.3, 0.4) is 0 Å². The van der Waals surface area contributed by atoms with Crippen molar-refractivity contribution in [3.05, 3.63) is 24.3 Å². The average molecular weight is 240 g/mol. The third-order valence-electron chi connectivity index (χ3n) is 1.82. The van der Waals surface area contributed by atoms with Crippen LogP contribution in [0.25, 0.3) is 0 Å². The summed E-state index contributed by atoms with van der Waals surface area (Å²) in [6.45, 7) is 3.11. The van der Waals surface area contributed by atoms with Crippen molar-refractivity contribution in [2.24, 2.45) is 0 Å². The molecule has 0 fully saturated rings. The third-order valence-corrected chi connectivity index (χ3v) is 2.07. The molecule has 4 nitrogen and oxygen atoms in total. The molecule has 0 aliphatic carbocycles. The number of thiocarbonyl (C=S) groups is 1. The van der Waals surface area contributed by atoms with Gasteiger partial charge < -0.3 is 20.5 Å². The summed E-state index contributed by atoms with van der Waals surface area (Å²) in [5, 5.41) is 15.0. The molecular weight excluding hydrogens is 224 g/mol. The van der Waals surface area contributed by atoms with Gasteiger partial charge >= 0.3 is 0 Å². The zero-order valence-electron chi connectivity index (χ0n) is 9.19. The maximum Gasteiger partial charge on any atom is 0.170 e. The number of benzene rings is 1. The number of nitrogens with one attached hydrogen (secondary N) is 2. The maximum atomic E-state index is 8.61.